The highest BCUT2D eigenvalue weighted by molar-refractivity contribution is 9.10. The number of carbonyl (C=O) groups excluding carboxylic acids is 4. The molecule has 3 amide bonds. The Morgan fingerprint density at radius 1 is 0.922 bits per heavy atom. The third-order valence-corrected chi connectivity index (χ3v) is 10.3. The van der Waals surface area contributed by atoms with E-state index in [1.165, 1.54) is 19.4 Å². The predicted octanol–water partition coefficient (Wildman–Crippen LogP) is 3.82. The maximum atomic E-state index is 11.7. The summed E-state index contributed by atoms with van der Waals surface area (Å²) in [6.07, 6.45) is 2.34. The van der Waals surface area contributed by atoms with Gasteiger partial charge in [0.15, 0.2) is 0 Å². The molecule has 3 rings (SSSR count). The van der Waals surface area contributed by atoms with Gasteiger partial charge in [0.2, 0.25) is 5.91 Å². The first-order valence-corrected chi connectivity index (χ1v) is 17.4. The van der Waals surface area contributed by atoms with Crippen molar-refractivity contribution in [3.8, 4) is 11.5 Å². The summed E-state index contributed by atoms with van der Waals surface area (Å²) >= 11 is 3.26. The summed E-state index contributed by atoms with van der Waals surface area (Å²) in [5.74, 6) is -1.62. The van der Waals surface area contributed by atoms with E-state index in [1.807, 2.05) is 39.9 Å². The van der Waals surface area contributed by atoms with E-state index in [0.717, 1.165) is 61.7 Å². The van der Waals surface area contributed by atoms with Crippen LogP contribution < -0.4 is 20.5 Å². The molecular weight excluding hydrogens is 732 g/mol. The minimum absolute atomic E-state index is 0.184. The zero-order valence-electron chi connectivity index (χ0n) is 31.0. The van der Waals surface area contributed by atoms with Crippen LogP contribution >= 0.6 is 15.9 Å². The lowest BCUT2D eigenvalue weighted by molar-refractivity contribution is -0.141. The third kappa shape index (κ3) is 13.9. The Balaban J connectivity index is 0.000000534. The van der Waals surface area contributed by atoms with Crippen LogP contribution in [0.25, 0.3) is 0 Å². The molecule has 0 bridgehead atoms. The smallest absolute Gasteiger partial charge is 0.328 e. The van der Waals surface area contributed by atoms with Crippen LogP contribution in [0, 0.1) is 20.8 Å². The maximum absolute atomic E-state index is 11.7. The number of piperazine rings is 1. The number of halogens is 1. The first kappa shape index (κ1) is 45.0. The van der Waals surface area contributed by atoms with Gasteiger partial charge in [0.25, 0.3) is 0 Å². The molecule has 1 unspecified atom stereocenters. The number of carbonyl (C=O) groups is 6. The van der Waals surface area contributed by atoms with Gasteiger partial charge in [-0.1, -0.05) is 29.8 Å². The second kappa shape index (κ2) is 20.1. The highest BCUT2D eigenvalue weighted by atomic mass is 79.9. The summed E-state index contributed by atoms with van der Waals surface area (Å²) < 4.78 is 16.5. The number of hydrogen-bond acceptors (Lipinski definition) is 11. The quantitative estimate of drug-likeness (QED) is 0.109. The van der Waals surface area contributed by atoms with Crippen LogP contribution in [0.2, 0.25) is 0 Å². The lowest BCUT2D eigenvalue weighted by Gasteiger charge is -2.38. The van der Waals surface area contributed by atoms with Crippen LogP contribution in [-0.4, -0.2) is 112 Å². The van der Waals surface area contributed by atoms with E-state index in [9.17, 15) is 28.8 Å². The van der Waals surface area contributed by atoms with Crippen LogP contribution in [0.5, 0.6) is 11.5 Å². The number of esters is 2. The Bertz CT molecular complexity index is 1450. The highest BCUT2D eigenvalue weighted by Crippen LogP contribution is 2.52. The predicted molar refractivity (Wildman–Crippen MR) is 193 cm³/mol. The van der Waals surface area contributed by atoms with E-state index in [0.29, 0.717) is 37.4 Å². The molecule has 16 heteroatoms. The summed E-state index contributed by atoms with van der Waals surface area (Å²) in [5, 5.41) is 17.7. The number of hydrogen-bond donors (Lipinski definition) is 4. The zero-order valence-corrected chi connectivity index (χ0v) is 32.6. The van der Waals surface area contributed by atoms with Crippen molar-refractivity contribution >= 4 is 51.7 Å². The number of fused-ring (bicyclic) bond motifs is 1. The number of ether oxygens (including phenoxy) is 3. The van der Waals surface area contributed by atoms with Crippen LogP contribution in [0.3, 0.4) is 0 Å². The van der Waals surface area contributed by atoms with Gasteiger partial charge in [-0.15, -0.1) is 0 Å². The number of amides is 3. The summed E-state index contributed by atoms with van der Waals surface area (Å²) in [7, 11) is 0. The molecule has 1 aromatic rings. The van der Waals surface area contributed by atoms with E-state index in [4.69, 9.17) is 30.2 Å². The number of benzene rings is 1. The molecule has 0 saturated carbocycles. The van der Waals surface area contributed by atoms with Gasteiger partial charge in [0.1, 0.15) is 28.0 Å². The monoisotopic (exact) mass is 784 g/mol. The van der Waals surface area contributed by atoms with Gasteiger partial charge in [-0.3, -0.25) is 24.6 Å². The van der Waals surface area contributed by atoms with Gasteiger partial charge in [-0.25, -0.2) is 14.4 Å². The first-order chi connectivity index (χ1) is 23.6. The van der Waals surface area contributed by atoms with Gasteiger partial charge < -0.3 is 35.1 Å². The topological polar surface area (TPSA) is 215 Å². The number of carboxylic acid groups (broad SMARTS) is 2. The van der Waals surface area contributed by atoms with Gasteiger partial charge in [0.05, 0.1) is 0 Å². The molecule has 2 aliphatic heterocycles. The molecule has 2 heterocycles. The summed E-state index contributed by atoms with van der Waals surface area (Å²) in [4.78, 5) is 68.2. The van der Waals surface area contributed by atoms with Crippen molar-refractivity contribution in [2.75, 3.05) is 45.9 Å². The van der Waals surface area contributed by atoms with Crippen molar-refractivity contribution in [2.24, 2.45) is 5.73 Å². The van der Waals surface area contributed by atoms with E-state index in [-0.39, 0.29) is 29.4 Å². The van der Waals surface area contributed by atoms with Gasteiger partial charge in [0, 0.05) is 76.7 Å². The largest absolute Gasteiger partial charge is 0.487 e. The number of nitrogens with one attached hydrogen (secondary N) is 1. The average Bonchev–Trinajstić information content (AvgIpc) is 3.31. The first-order valence-electron chi connectivity index (χ1n) is 16.6. The number of alkyl halides is 1. The van der Waals surface area contributed by atoms with Gasteiger partial charge in [-0.2, -0.15) is 0 Å². The number of urea groups is 1. The standard InChI is InChI=1S/C24H36N2O5.C7H13BrN2O2.C4H4O4/c1-15-16(2)23-21(17(3)22(15)30-19(5)28)20(24(6,7)31-23)14-26-10-8-25(9-11-26)12-13-29-18(4)27;1-3-7(8,4-2)5(11)10-6(9)12;5-3(6)1-2-4(7)8/h20H,8-14H2,1-7H3;3-4H2,1-2H3,(H3,9,10,11,12);1-2H,(H,5,6)(H,7,8)/b;;2-1-. The van der Waals surface area contributed by atoms with E-state index >= 15 is 0 Å². The Morgan fingerprint density at radius 2 is 1.43 bits per heavy atom. The summed E-state index contributed by atoms with van der Waals surface area (Å²) in [6, 6.07) is -0.814. The lowest BCUT2D eigenvalue weighted by Crippen LogP contribution is -2.50. The van der Waals surface area contributed by atoms with Gasteiger partial charge >= 0.3 is 29.9 Å². The van der Waals surface area contributed by atoms with Crippen molar-refractivity contribution in [3.63, 3.8) is 0 Å². The van der Waals surface area contributed by atoms with E-state index in [1.54, 1.807) is 0 Å². The van der Waals surface area contributed by atoms with Crippen molar-refractivity contribution in [1.29, 1.82) is 0 Å². The van der Waals surface area contributed by atoms with E-state index < -0.39 is 22.3 Å². The molecule has 1 saturated heterocycles. The Kier molecular flexibility index (Phi) is 17.8. The number of nitrogens with two attached hydrogens (primary N) is 1. The third-order valence-electron chi connectivity index (χ3n) is 8.78. The molecule has 286 valence electrons. The second-order valence-corrected chi connectivity index (χ2v) is 14.3. The zero-order chi connectivity index (χ0) is 39.3. The Morgan fingerprint density at radius 3 is 1.86 bits per heavy atom. The molecule has 5 N–H and O–H groups in total. The fraction of sp³-hybridized carbons (Fsp3) is 0.600. The number of carboxylic acids is 2. The fourth-order valence-corrected chi connectivity index (χ4v) is 5.77. The van der Waals surface area contributed by atoms with E-state index in [2.05, 4.69) is 39.6 Å². The molecule has 15 nitrogen and oxygen atoms in total. The summed E-state index contributed by atoms with van der Waals surface area (Å²) in [6.45, 7) is 22.9. The molecule has 0 radical (unpaired) electrons. The Hall–Kier alpha value is -4.02. The van der Waals surface area contributed by atoms with Crippen molar-refractivity contribution in [3.05, 3.63) is 34.4 Å². The molecule has 0 spiro atoms. The van der Waals surface area contributed by atoms with Crippen LogP contribution in [0.15, 0.2) is 12.2 Å². The minimum Gasteiger partial charge on any atom is -0.487 e. The molecular formula is C35H53BrN4O11. The molecule has 1 atom stereocenters. The normalized spacial score (nSPS) is 16.7. The molecule has 1 fully saturated rings. The average molecular weight is 786 g/mol. The SMILES string of the molecule is CC(=O)OCCN1CCN(CC2c3c(C)c(OC(C)=O)c(C)c(C)c3OC2(C)C)CC1.CCC(Br)(CC)C(=O)NC(N)=O.O=C(O)/C=C\C(=O)O. The molecule has 0 aliphatic carbocycles. The molecule has 1 aromatic carbocycles. The van der Waals surface area contributed by atoms with Crippen molar-refractivity contribution < 1.29 is 53.2 Å². The van der Waals surface area contributed by atoms with Crippen molar-refractivity contribution in [2.45, 2.75) is 91.0 Å². The minimum atomic E-state index is -1.26. The second-order valence-electron chi connectivity index (χ2n) is 12.8. The fourth-order valence-electron chi connectivity index (χ4n) is 5.67. The highest BCUT2D eigenvalue weighted by Gasteiger charge is 2.45. The number of nitrogens with zero attached hydrogens (tertiary/aromatic N) is 2. The van der Waals surface area contributed by atoms with Crippen LogP contribution in [-0.2, 0) is 28.7 Å². The Labute approximate surface area is 308 Å². The lowest BCUT2D eigenvalue weighted by atomic mass is 9.82. The number of rotatable bonds is 11. The van der Waals surface area contributed by atoms with Crippen LogP contribution in [0.1, 0.15) is 82.6 Å². The number of primary amides is 1. The number of imide groups is 1. The molecule has 51 heavy (non-hydrogen) atoms. The maximum Gasteiger partial charge on any atom is 0.328 e. The molecule has 0 aromatic heterocycles. The van der Waals surface area contributed by atoms with Gasteiger partial charge in [-0.05, 0) is 64.2 Å². The van der Waals surface area contributed by atoms with Crippen LogP contribution in [0.4, 0.5) is 4.79 Å². The van der Waals surface area contributed by atoms with Crippen molar-refractivity contribution in [1.82, 2.24) is 15.1 Å². The number of aliphatic carboxylic acids is 2. The summed E-state index contributed by atoms with van der Waals surface area (Å²) in [5.41, 5.74) is 8.64. The molecule has 2 aliphatic rings.